The van der Waals surface area contributed by atoms with Crippen LogP contribution >= 0.6 is 11.6 Å². The van der Waals surface area contributed by atoms with Crippen molar-refractivity contribution in [2.45, 2.75) is 31.5 Å². The van der Waals surface area contributed by atoms with Crippen molar-refractivity contribution in [3.05, 3.63) is 106 Å². The standard InChI is InChI=1S/C39H40ClN3O9/c1-22(8-7-15-50-31-14-10-24(17-33(31)46-3)38-41-28-12-11-26(40)20-27(28)39(44)42-38)51-34-16-23(9-13-30(34)45-2)29-21-32(52-43-29)25-18-35(47-4)37(49-6)36(19-25)48-5/h9-14,16-20,32,38,41H,1,7-8,15,21H2,2-6H3,(H,42,44). The third-order valence-electron chi connectivity index (χ3n) is 8.66. The Balaban J connectivity index is 1.03. The summed E-state index contributed by atoms with van der Waals surface area (Å²) in [6.07, 6.45) is 0.881. The third kappa shape index (κ3) is 7.76. The van der Waals surface area contributed by atoms with Crippen molar-refractivity contribution in [2.24, 2.45) is 5.16 Å². The highest BCUT2D eigenvalue weighted by Crippen LogP contribution is 2.43. The van der Waals surface area contributed by atoms with Gasteiger partial charge in [-0.15, -0.1) is 0 Å². The maximum Gasteiger partial charge on any atom is 0.255 e. The molecule has 2 heterocycles. The smallest absolute Gasteiger partial charge is 0.255 e. The normalized spacial score (nSPS) is 16.0. The van der Waals surface area contributed by atoms with Gasteiger partial charge in [-0.2, -0.15) is 0 Å². The summed E-state index contributed by atoms with van der Waals surface area (Å²) in [6, 6.07) is 20.0. The van der Waals surface area contributed by atoms with Crippen molar-refractivity contribution >= 4 is 28.9 Å². The van der Waals surface area contributed by atoms with E-state index in [2.05, 4.69) is 22.4 Å². The molecule has 0 aromatic heterocycles. The number of ether oxygens (including phenoxy) is 7. The minimum atomic E-state index is -0.448. The van der Waals surface area contributed by atoms with Gasteiger partial charge in [-0.3, -0.25) is 4.79 Å². The molecule has 1 amide bonds. The van der Waals surface area contributed by atoms with Gasteiger partial charge in [-0.25, -0.2) is 0 Å². The molecule has 52 heavy (non-hydrogen) atoms. The summed E-state index contributed by atoms with van der Waals surface area (Å²) in [7, 11) is 7.87. The molecule has 0 saturated carbocycles. The second-order valence-corrected chi connectivity index (χ2v) is 12.3. The van der Waals surface area contributed by atoms with Crippen molar-refractivity contribution in [3.8, 4) is 40.2 Å². The second-order valence-electron chi connectivity index (χ2n) is 11.9. The topological polar surface area (TPSA) is 127 Å². The number of oxime groups is 1. The van der Waals surface area contributed by atoms with E-state index in [4.69, 9.17) is 49.6 Å². The number of amides is 1. The lowest BCUT2D eigenvalue weighted by Crippen LogP contribution is -2.38. The van der Waals surface area contributed by atoms with Crippen LogP contribution in [0.25, 0.3) is 0 Å². The fourth-order valence-electron chi connectivity index (χ4n) is 5.99. The number of hydrogen-bond donors (Lipinski definition) is 2. The Morgan fingerprint density at radius 1 is 0.808 bits per heavy atom. The van der Waals surface area contributed by atoms with Gasteiger partial charge in [0.1, 0.15) is 6.17 Å². The van der Waals surface area contributed by atoms with E-state index in [1.807, 2.05) is 48.5 Å². The molecule has 2 unspecified atom stereocenters. The first kappa shape index (κ1) is 36.1. The SMILES string of the molecule is C=C(CCCOc1ccc(C2NC(=O)c3cc(Cl)ccc3N2)cc1OC)Oc1cc(C2=NOC(c3cc(OC)c(OC)c(OC)c3)C2)ccc1OC. The van der Waals surface area contributed by atoms with Crippen molar-refractivity contribution in [1.82, 2.24) is 5.32 Å². The van der Waals surface area contributed by atoms with E-state index in [1.165, 1.54) is 0 Å². The number of carbonyl (C=O) groups is 1. The highest BCUT2D eigenvalue weighted by molar-refractivity contribution is 6.31. The molecule has 0 radical (unpaired) electrons. The van der Waals surface area contributed by atoms with Gasteiger partial charge in [0.25, 0.3) is 5.91 Å². The summed E-state index contributed by atoms with van der Waals surface area (Å²) in [5.41, 5.74) is 4.42. The van der Waals surface area contributed by atoms with Gasteiger partial charge in [0.05, 0.1) is 59.2 Å². The maximum atomic E-state index is 12.7. The fourth-order valence-corrected chi connectivity index (χ4v) is 6.16. The van der Waals surface area contributed by atoms with E-state index < -0.39 is 6.17 Å². The van der Waals surface area contributed by atoms with E-state index in [-0.39, 0.29) is 12.0 Å². The van der Waals surface area contributed by atoms with Crippen LogP contribution in [-0.4, -0.2) is 53.8 Å². The molecule has 0 spiro atoms. The predicted octanol–water partition coefficient (Wildman–Crippen LogP) is 7.85. The highest BCUT2D eigenvalue weighted by atomic mass is 35.5. The molecule has 0 bridgehead atoms. The molecule has 2 aliphatic heterocycles. The summed E-state index contributed by atoms with van der Waals surface area (Å²) in [4.78, 5) is 18.5. The molecule has 0 fully saturated rings. The molecule has 12 nitrogen and oxygen atoms in total. The molecule has 2 atom stereocenters. The number of methoxy groups -OCH3 is 5. The van der Waals surface area contributed by atoms with E-state index in [0.29, 0.717) is 88.1 Å². The number of nitrogens with one attached hydrogen (secondary N) is 2. The lowest BCUT2D eigenvalue weighted by Gasteiger charge is -2.28. The molecule has 4 aromatic carbocycles. The molecule has 0 saturated heterocycles. The summed E-state index contributed by atoms with van der Waals surface area (Å²) < 4.78 is 39.9. The average Bonchev–Trinajstić information content (AvgIpc) is 3.66. The molecular formula is C39H40ClN3O9. The summed E-state index contributed by atoms with van der Waals surface area (Å²) in [6.45, 7) is 4.51. The molecular weight excluding hydrogens is 690 g/mol. The number of benzene rings is 4. The predicted molar refractivity (Wildman–Crippen MR) is 197 cm³/mol. The van der Waals surface area contributed by atoms with E-state index in [0.717, 1.165) is 22.4 Å². The van der Waals surface area contributed by atoms with Crippen LogP contribution in [0.4, 0.5) is 5.69 Å². The van der Waals surface area contributed by atoms with Crippen LogP contribution in [0.15, 0.2) is 84.2 Å². The number of allylic oxidation sites excluding steroid dienone is 1. The molecule has 4 aromatic rings. The summed E-state index contributed by atoms with van der Waals surface area (Å²) >= 11 is 6.07. The van der Waals surface area contributed by atoms with Gasteiger partial charge in [-0.1, -0.05) is 29.4 Å². The average molecular weight is 730 g/mol. The lowest BCUT2D eigenvalue weighted by atomic mass is 9.99. The Morgan fingerprint density at radius 3 is 2.23 bits per heavy atom. The van der Waals surface area contributed by atoms with Crippen LogP contribution in [-0.2, 0) is 4.84 Å². The largest absolute Gasteiger partial charge is 0.493 e. The van der Waals surface area contributed by atoms with Crippen LogP contribution in [0.5, 0.6) is 40.2 Å². The number of halogens is 1. The first-order chi connectivity index (χ1) is 25.2. The van der Waals surface area contributed by atoms with Gasteiger partial charge < -0.3 is 48.6 Å². The van der Waals surface area contributed by atoms with E-state index >= 15 is 0 Å². The maximum absolute atomic E-state index is 12.7. The minimum Gasteiger partial charge on any atom is -0.493 e. The van der Waals surface area contributed by atoms with E-state index in [9.17, 15) is 4.79 Å². The number of fused-ring (bicyclic) bond motifs is 1. The van der Waals surface area contributed by atoms with Crippen molar-refractivity contribution in [2.75, 3.05) is 47.5 Å². The van der Waals surface area contributed by atoms with Gasteiger partial charge in [0.15, 0.2) is 40.6 Å². The summed E-state index contributed by atoms with van der Waals surface area (Å²) in [5, 5.41) is 11.2. The minimum absolute atomic E-state index is 0.213. The van der Waals surface area contributed by atoms with E-state index in [1.54, 1.807) is 53.7 Å². The zero-order valence-corrected chi connectivity index (χ0v) is 30.3. The number of anilines is 1. The zero-order valence-electron chi connectivity index (χ0n) is 29.5. The highest BCUT2D eigenvalue weighted by Gasteiger charge is 2.28. The van der Waals surface area contributed by atoms with Crippen molar-refractivity contribution < 1.29 is 42.8 Å². The number of carbonyl (C=O) groups excluding carboxylic acids is 1. The van der Waals surface area contributed by atoms with Crippen LogP contribution in [0.3, 0.4) is 0 Å². The molecule has 2 N–H and O–H groups in total. The fraction of sp³-hybridized carbons (Fsp3) is 0.282. The number of hydrogen-bond acceptors (Lipinski definition) is 11. The monoisotopic (exact) mass is 729 g/mol. The molecule has 0 aliphatic carbocycles. The van der Waals surface area contributed by atoms with Crippen LogP contribution in [0.2, 0.25) is 5.02 Å². The van der Waals surface area contributed by atoms with Crippen LogP contribution in [0.1, 0.15) is 58.6 Å². The van der Waals surface area contributed by atoms with Crippen LogP contribution in [0, 0.1) is 0 Å². The molecule has 6 rings (SSSR count). The Kier molecular flexibility index (Phi) is 11.1. The molecule has 13 heteroatoms. The quantitative estimate of drug-likeness (QED) is 0.0923. The molecule has 272 valence electrons. The van der Waals surface area contributed by atoms with Crippen molar-refractivity contribution in [3.63, 3.8) is 0 Å². The second kappa shape index (κ2) is 16.1. The van der Waals surface area contributed by atoms with Crippen LogP contribution < -0.4 is 43.8 Å². The van der Waals surface area contributed by atoms with Crippen molar-refractivity contribution in [1.29, 1.82) is 0 Å². The Labute approximate surface area is 307 Å². The lowest BCUT2D eigenvalue weighted by molar-refractivity contribution is 0.0853. The van der Waals surface area contributed by atoms with Gasteiger partial charge in [-0.05, 0) is 72.6 Å². The number of rotatable bonds is 15. The Hall–Kier alpha value is -5.75. The zero-order chi connectivity index (χ0) is 36.8. The Morgan fingerprint density at radius 2 is 1.52 bits per heavy atom. The first-order valence-corrected chi connectivity index (χ1v) is 16.9. The molecule has 2 aliphatic rings. The first-order valence-electron chi connectivity index (χ1n) is 16.5. The Bertz CT molecular complexity index is 1980. The van der Waals surface area contributed by atoms with Gasteiger partial charge in [0.2, 0.25) is 5.75 Å². The third-order valence-corrected chi connectivity index (χ3v) is 8.89. The van der Waals surface area contributed by atoms with Gasteiger partial charge in [0, 0.05) is 34.7 Å². The number of nitrogens with zero attached hydrogens (tertiary/aromatic N) is 1. The summed E-state index contributed by atoms with van der Waals surface area (Å²) in [5.74, 6) is 4.10. The van der Waals surface area contributed by atoms with Gasteiger partial charge >= 0.3 is 0 Å².